The van der Waals surface area contributed by atoms with Crippen LogP contribution in [0, 0.1) is 5.92 Å². The summed E-state index contributed by atoms with van der Waals surface area (Å²) < 4.78 is 11.4. The van der Waals surface area contributed by atoms with E-state index < -0.39 is 53.6 Å². The van der Waals surface area contributed by atoms with E-state index in [-0.39, 0.29) is 95.4 Å². The Labute approximate surface area is 491 Å². The van der Waals surface area contributed by atoms with Crippen LogP contribution >= 0.6 is 0 Å². The number of hydrogen-bond acceptors (Lipinski definition) is 15. The van der Waals surface area contributed by atoms with E-state index >= 15 is 0 Å². The van der Waals surface area contributed by atoms with E-state index in [4.69, 9.17) is 15.2 Å². The summed E-state index contributed by atoms with van der Waals surface area (Å²) in [7, 11) is 2.02. The van der Waals surface area contributed by atoms with Crippen molar-refractivity contribution in [1.29, 1.82) is 0 Å². The van der Waals surface area contributed by atoms with Crippen LogP contribution in [0.1, 0.15) is 65.9 Å². The van der Waals surface area contributed by atoms with E-state index in [0.717, 1.165) is 46.5 Å². The number of benzene rings is 4. The molecule has 8 rings (SSSR count). The molecule has 0 unspecified atom stereocenters. The molecule has 0 bridgehead atoms. The van der Waals surface area contributed by atoms with Gasteiger partial charge in [-0.2, -0.15) is 0 Å². The van der Waals surface area contributed by atoms with Gasteiger partial charge in [-0.1, -0.05) is 38.1 Å². The van der Waals surface area contributed by atoms with Crippen molar-refractivity contribution in [2.45, 2.75) is 58.0 Å². The number of nitrogens with zero attached hydrogens (tertiary/aromatic N) is 4. The maximum Gasteiger partial charge on any atom is 0.415 e. The maximum atomic E-state index is 14.2. The zero-order valence-corrected chi connectivity index (χ0v) is 47.9. The molecular weight excluding hydrogens is 1090 g/mol. The summed E-state index contributed by atoms with van der Waals surface area (Å²) in [5.41, 5.74) is 9.65. The number of H-pyrrole nitrogens is 1. The van der Waals surface area contributed by atoms with Gasteiger partial charge in [0.2, 0.25) is 29.5 Å². The number of carbonyl (C=O) groups excluding carboxylic acids is 10. The standard InChI is InChI=1S/C60H73N13O12/c1-37(2)55(65-36-52(76)63-23-22-62-51(75)20-31-84-32-24-64-50(74)19-26-73-53(77)16-17-54(73)78)58(81)69-46(9-6-21-61)57(80)66-40-12-10-38(11-13-40)56(79)67-41-14-15-45-39(33-41)34-47(68-45)59(82)72-25-18-43-42-7-4-5-8-44(42)49(35-48(43)72)85-60(83)71-29-27-70(3)28-30-71/h4-5,7-8,10-17,33-35,37,46,55,65,68H,6,9,18-32,36,61H2,1-3H3,(H,62,75)(H,63,76)(H,64,74)(H,66,80)(H,67,79)(H,69,81)/t46-,55-/m0/s1. The van der Waals surface area contributed by atoms with E-state index in [1.165, 1.54) is 0 Å². The molecule has 450 valence electrons. The van der Waals surface area contributed by atoms with E-state index in [0.29, 0.717) is 77.4 Å². The van der Waals surface area contributed by atoms with Gasteiger partial charge >= 0.3 is 6.09 Å². The van der Waals surface area contributed by atoms with Crippen molar-refractivity contribution in [3.8, 4) is 5.75 Å². The predicted octanol–water partition coefficient (Wildman–Crippen LogP) is 2.37. The molecule has 10 N–H and O–H groups in total. The number of fused-ring (bicyclic) bond motifs is 4. The Morgan fingerprint density at radius 2 is 1.40 bits per heavy atom. The molecule has 0 saturated carbocycles. The van der Waals surface area contributed by atoms with Gasteiger partial charge in [0.05, 0.1) is 31.5 Å². The van der Waals surface area contributed by atoms with Crippen LogP contribution in [0.15, 0.2) is 91.0 Å². The lowest BCUT2D eigenvalue weighted by Crippen LogP contribution is -2.54. The molecule has 25 heteroatoms. The topological polar surface area (TPSA) is 328 Å². The SMILES string of the molecule is CC(C)[C@H](NCC(=O)NCCNC(=O)CCOCCNC(=O)CCN1C(=O)C=CC1=O)C(=O)N[C@@H](CCCN)C(=O)Nc1ccc(C(=O)Nc2ccc3[nH]c(C(=O)N4CCc5c4cc(OC(=O)N4CCN(C)CC4)c4ccccc54)cc3c2)cc1. The molecule has 4 heterocycles. The Morgan fingerprint density at radius 3 is 2.12 bits per heavy atom. The summed E-state index contributed by atoms with van der Waals surface area (Å²) in [6.07, 6.45) is 3.14. The fourth-order valence-electron chi connectivity index (χ4n) is 10.0. The molecule has 0 radical (unpaired) electrons. The average Bonchev–Trinajstić information content (AvgIpc) is 1.91. The summed E-state index contributed by atoms with van der Waals surface area (Å²) >= 11 is 0. The van der Waals surface area contributed by atoms with Crippen molar-refractivity contribution >= 4 is 98.0 Å². The molecule has 85 heavy (non-hydrogen) atoms. The molecule has 3 aliphatic heterocycles. The highest BCUT2D eigenvalue weighted by Crippen LogP contribution is 2.41. The van der Waals surface area contributed by atoms with E-state index in [1.54, 1.807) is 78.2 Å². The zero-order chi connectivity index (χ0) is 60.6. The predicted molar refractivity (Wildman–Crippen MR) is 318 cm³/mol. The van der Waals surface area contributed by atoms with Gasteiger partial charge in [-0.15, -0.1) is 0 Å². The molecule has 1 saturated heterocycles. The molecule has 5 aromatic rings. The molecule has 1 aromatic heterocycles. The second kappa shape index (κ2) is 29.5. The Kier molecular flexibility index (Phi) is 21.5. The molecule has 2 atom stereocenters. The zero-order valence-electron chi connectivity index (χ0n) is 47.9. The number of ether oxygens (including phenoxy) is 2. The van der Waals surface area contributed by atoms with Crippen LogP contribution in [0.5, 0.6) is 5.75 Å². The number of rotatable bonds is 27. The largest absolute Gasteiger partial charge is 0.415 e. The van der Waals surface area contributed by atoms with Crippen molar-refractivity contribution in [2.75, 3.05) is 108 Å². The van der Waals surface area contributed by atoms with Gasteiger partial charge in [0.15, 0.2) is 0 Å². The first-order valence-electron chi connectivity index (χ1n) is 28.5. The fourth-order valence-corrected chi connectivity index (χ4v) is 10.0. The quantitative estimate of drug-likeness (QED) is 0.0269. The smallest absolute Gasteiger partial charge is 0.409 e. The second-order valence-corrected chi connectivity index (χ2v) is 21.2. The number of aromatic nitrogens is 1. The Morgan fingerprint density at radius 1 is 0.718 bits per heavy atom. The summed E-state index contributed by atoms with van der Waals surface area (Å²) in [6, 6.07) is 20.9. The third-order valence-electron chi connectivity index (χ3n) is 14.7. The lowest BCUT2D eigenvalue weighted by molar-refractivity contribution is -0.137. The van der Waals surface area contributed by atoms with Crippen molar-refractivity contribution < 1.29 is 57.4 Å². The number of nitrogens with two attached hydrogens (primary N) is 1. The average molecular weight is 1170 g/mol. The monoisotopic (exact) mass is 1170 g/mol. The minimum Gasteiger partial charge on any atom is -0.409 e. The van der Waals surface area contributed by atoms with Crippen LogP contribution in [-0.2, 0) is 44.7 Å². The number of aromatic amines is 1. The van der Waals surface area contributed by atoms with Gasteiger partial charge in [0, 0.05) is 123 Å². The molecule has 1 fully saturated rings. The minimum absolute atomic E-state index is 0.0254. The van der Waals surface area contributed by atoms with Gasteiger partial charge in [-0.3, -0.25) is 53.4 Å². The minimum atomic E-state index is -0.983. The Hall–Kier alpha value is -9.04. The number of piperazine rings is 1. The lowest BCUT2D eigenvalue weighted by Gasteiger charge is -2.31. The lowest BCUT2D eigenvalue weighted by atomic mass is 10.0. The summed E-state index contributed by atoms with van der Waals surface area (Å²) in [5.74, 6) is -3.59. The molecule has 4 aromatic carbocycles. The molecular formula is C60H73N13O12. The number of nitrogens with one attached hydrogen (secondary N) is 8. The number of anilines is 3. The highest BCUT2D eigenvalue weighted by Gasteiger charge is 2.32. The fraction of sp³-hybridized carbons (Fsp3) is 0.400. The summed E-state index contributed by atoms with van der Waals surface area (Å²) in [5, 5.41) is 21.9. The first-order valence-corrected chi connectivity index (χ1v) is 28.5. The number of amides is 10. The van der Waals surface area contributed by atoms with Gasteiger partial charge in [-0.05, 0) is 98.3 Å². The molecule has 0 aliphatic carbocycles. The van der Waals surface area contributed by atoms with Crippen molar-refractivity contribution in [1.82, 2.24) is 46.3 Å². The highest BCUT2D eigenvalue weighted by molar-refractivity contribution is 6.13. The van der Waals surface area contributed by atoms with E-state index in [9.17, 15) is 47.9 Å². The third kappa shape index (κ3) is 16.6. The van der Waals surface area contributed by atoms with Crippen molar-refractivity contribution in [3.05, 3.63) is 108 Å². The van der Waals surface area contributed by atoms with Gasteiger partial charge in [0.1, 0.15) is 17.5 Å². The Bertz CT molecular complexity index is 3320. The van der Waals surface area contributed by atoms with Crippen LogP contribution in [-0.4, -0.2) is 183 Å². The number of hydrogen-bond donors (Lipinski definition) is 9. The second-order valence-electron chi connectivity index (χ2n) is 21.2. The van der Waals surface area contributed by atoms with Crippen molar-refractivity contribution in [3.63, 3.8) is 0 Å². The van der Waals surface area contributed by atoms with Crippen molar-refractivity contribution in [2.24, 2.45) is 11.7 Å². The first-order chi connectivity index (χ1) is 41.0. The third-order valence-corrected chi connectivity index (χ3v) is 14.7. The van der Waals surface area contributed by atoms with Crippen LogP contribution in [0.4, 0.5) is 21.9 Å². The number of carbonyl (C=O) groups is 10. The van der Waals surface area contributed by atoms with Gasteiger partial charge < -0.3 is 66.8 Å². The Balaban J connectivity index is 0.761. The summed E-state index contributed by atoms with van der Waals surface area (Å²) in [6.45, 7) is 7.31. The van der Waals surface area contributed by atoms with Gasteiger partial charge in [-0.25, -0.2) is 4.79 Å². The molecule has 3 aliphatic rings. The highest BCUT2D eigenvalue weighted by atomic mass is 16.6. The van der Waals surface area contributed by atoms with E-state index in [1.807, 2.05) is 31.3 Å². The van der Waals surface area contributed by atoms with Crippen LogP contribution in [0.2, 0.25) is 0 Å². The van der Waals surface area contributed by atoms with Crippen LogP contribution in [0.25, 0.3) is 21.7 Å². The molecule has 10 amide bonds. The number of imide groups is 1. The number of likely N-dealkylation sites (N-methyl/N-ethyl adjacent to an activating group) is 1. The molecule has 0 spiro atoms. The normalized spacial score (nSPS) is 14.8. The van der Waals surface area contributed by atoms with Crippen LogP contribution < -0.4 is 52.6 Å². The van der Waals surface area contributed by atoms with Crippen LogP contribution in [0.3, 0.4) is 0 Å². The van der Waals surface area contributed by atoms with Gasteiger partial charge in [0.25, 0.3) is 23.6 Å². The molecule has 25 nitrogen and oxygen atoms in total. The maximum absolute atomic E-state index is 14.2. The summed E-state index contributed by atoms with van der Waals surface area (Å²) in [4.78, 5) is 138. The first kappa shape index (κ1) is 62.0. The van der Waals surface area contributed by atoms with E-state index in [2.05, 4.69) is 47.1 Å².